The lowest BCUT2D eigenvalue weighted by Crippen LogP contribution is -2.40. The fourth-order valence-corrected chi connectivity index (χ4v) is 5.96. The van der Waals surface area contributed by atoms with Crippen molar-refractivity contribution in [3.8, 4) is 11.4 Å². The molecule has 0 unspecified atom stereocenters. The van der Waals surface area contributed by atoms with Gasteiger partial charge in [0.2, 0.25) is 6.29 Å². The quantitative estimate of drug-likeness (QED) is 0.230. The number of aromatic amines is 1. The molecule has 1 amide bonds. The Morgan fingerprint density at radius 1 is 1.19 bits per heavy atom. The average Bonchev–Trinajstić information content (AvgIpc) is 3.52. The van der Waals surface area contributed by atoms with E-state index < -0.39 is 12.2 Å². The van der Waals surface area contributed by atoms with Crippen molar-refractivity contribution in [2.75, 3.05) is 26.9 Å². The van der Waals surface area contributed by atoms with Crippen molar-refractivity contribution in [1.29, 1.82) is 0 Å². The third-order valence-electron chi connectivity index (χ3n) is 8.22. The summed E-state index contributed by atoms with van der Waals surface area (Å²) < 4.78 is 21.0. The summed E-state index contributed by atoms with van der Waals surface area (Å²) in [4.78, 5) is 30.7. The van der Waals surface area contributed by atoms with E-state index in [0.717, 1.165) is 33.6 Å². The maximum atomic E-state index is 14.0. The highest BCUT2D eigenvalue weighted by atomic mass is 16.7. The Bertz CT molecular complexity index is 1650. The van der Waals surface area contributed by atoms with E-state index in [4.69, 9.17) is 14.2 Å². The van der Waals surface area contributed by atoms with E-state index in [0.29, 0.717) is 38.0 Å². The van der Waals surface area contributed by atoms with Crippen molar-refractivity contribution >= 4 is 16.8 Å². The molecule has 3 heterocycles. The summed E-state index contributed by atoms with van der Waals surface area (Å²) in [7, 11) is 3.49. The Morgan fingerprint density at radius 2 is 1.98 bits per heavy atom. The third-order valence-corrected chi connectivity index (χ3v) is 8.22. The van der Waals surface area contributed by atoms with E-state index in [2.05, 4.69) is 10.3 Å². The molecule has 1 aliphatic heterocycles. The van der Waals surface area contributed by atoms with Gasteiger partial charge in [-0.1, -0.05) is 18.2 Å². The van der Waals surface area contributed by atoms with Gasteiger partial charge in [0.05, 0.1) is 12.8 Å². The fourth-order valence-electron chi connectivity index (χ4n) is 5.96. The predicted octanol–water partition coefficient (Wildman–Crippen LogP) is 4.08. The lowest BCUT2D eigenvalue weighted by atomic mass is 9.80. The molecular formula is C33H40N4O6. The number of nitrogens with zero attached hydrogens (tertiary/aromatic N) is 2. The van der Waals surface area contributed by atoms with Gasteiger partial charge in [-0.3, -0.25) is 14.3 Å². The van der Waals surface area contributed by atoms with Crippen LogP contribution in [-0.2, 0) is 27.7 Å². The molecule has 43 heavy (non-hydrogen) atoms. The summed E-state index contributed by atoms with van der Waals surface area (Å²) in [6, 6.07) is 15.3. The largest absolute Gasteiger partial charge is 0.497 e. The first-order valence-electron chi connectivity index (χ1n) is 14.7. The number of methoxy groups -OCH3 is 1. The van der Waals surface area contributed by atoms with Crippen molar-refractivity contribution in [3.63, 3.8) is 0 Å². The number of aliphatic hydroxyl groups is 1. The number of ether oxygens (including phenoxy) is 3. The van der Waals surface area contributed by atoms with E-state index in [1.54, 1.807) is 17.9 Å². The van der Waals surface area contributed by atoms with Crippen molar-refractivity contribution in [2.24, 2.45) is 13.0 Å². The molecule has 2 aromatic heterocycles. The van der Waals surface area contributed by atoms with Crippen LogP contribution < -0.4 is 15.6 Å². The lowest BCUT2D eigenvalue weighted by molar-refractivity contribution is -0.166. The molecule has 0 saturated carbocycles. The summed E-state index contributed by atoms with van der Waals surface area (Å²) in [5.41, 5.74) is 4.02. The first kappa shape index (κ1) is 30.2. The van der Waals surface area contributed by atoms with E-state index in [1.807, 2.05) is 80.3 Å². The maximum Gasteiger partial charge on any atom is 0.286 e. The van der Waals surface area contributed by atoms with Gasteiger partial charge in [0.15, 0.2) is 5.76 Å². The van der Waals surface area contributed by atoms with Gasteiger partial charge in [-0.15, -0.1) is 0 Å². The standard InChI is InChI=1S/C33H40N4O6/c1-5-42-33-25(12-9-17-38)27(30-21(2)36(3)37(32(30)40)23-10-7-6-8-11-23)19-29(43-33)31(39)34-16-15-22-20-35-28-14-13-24(41-4)18-26(22)28/h6-8,10-11,13-14,18-20,25,27,33,35,38H,5,9,12,15-17H2,1-4H3,(H,34,39)/t25-,27-,33+/m0/s1. The SMILES string of the molecule is CCO[C@@H]1OC(C(=O)NCCc2c[nH]c3ccc(OC)cc23)=C[C@H](c2c(C)n(C)n(-c3ccccc3)c2=O)[C@@H]1CCCO. The highest BCUT2D eigenvalue weighted by Crippen LogP contribution is 2.39. The van der Waals surface area contributed by atoms with E-state index in [-0.39, 0.29) is 29.8 Å². The van der Waals surface area contributed by atoms with Crippen molar-refractivity contribution in [1.82, 2.24) is 19.7 Å². The maximum absolute atomic E-state index is 14.0. The van der Waals surface area contributed by atoms with Gasteiger partial charge in [0.1, 0.15) is 5.75 Å². The monoisotopic (exact) mass is 588 g/mol. The molecule has 2 aromatic carbocycles. The van der Waals surface area contributed by atoms with Crippen molar-refractivity contribution in [3.05, 3.63) is 93.7 Å². The molecule has 228 valence electrons. The van der Waals surface area contributed by atoms with Crippen LogP contribution in [0, 0.1) is 12.8 Å². The zero-order valence-electron chi connectivity index (χ0n) is 25.1. The summed E-state index contributed by atoms with van der Waals surface area (Å²) in [5, 5.41) is 13.7. The summed E-state index contributed by atoms with van der Waals surface area (Å²) in [5.74, 6) is -0.211. The molecule has 0 fully saturated rings. The number of para-hydroxylation sites is 1. The zero-order chi connectivity index (χ0) is 30.5. The third kappa shape index (κ3) is 6.11. The van der Waals surface area contributed by atoms with Crippen LogP contribution in [0.5, 0.6) is 5.75 Å². The van der Waals surface area contributed by atoms with Crippen LogP contribution in [0.25, 0.3) is 16.6 Å². The number of nitrogens with one attached hydrogen (secondary N) is 2. The normalized spacial score (nSPS) is 18.3. The van der Waals surface area contributed by atoms with Gasteiger partial charge in [-0.2, -0.15) is 0 Å². The minimum atomic E-state index is -0.752. The second kappa shape index (κ2) is 13.4. The molecule has 0 bridgehead atoms. The fraction of sp³-hybridized carbons (Fsp3) is 0.394. The molecular weight excluding hydrogens is 548 g/mol. The molecule has 4 aromatic rings. The first-order valence-corrected chi connectivity index (χ1v) is 14.7. The molecule has 0 spiro atoms. The number of carbonyl (C=O) groups is 1. The van der Waals surface area contributed by atoms with Crippen LogP contribution in [0.15, 0.2) is 71.4 Å². The van der Waals surface area contributed by atoms with Crippen LogP contribution in [0.2, 0.25) is 0 Å². The molecule has 5 rings (SSSR count). The van der Waals surface area contributed by atoms with Gasteiger partial charge in [0.25, 0.3) is 11.5 Å². The second-order valence-electron chi connectivity index (χ2n) is 10.7. The highest BCUT2D eigenvalue weighted by molar-refractivity contribution is 5.92. The van der Waals surface area contributed by atoms with Gasteiger partial charge < -0.3 is 29.6 Å². The highest BCUT2D eigenvalue weighted by Gasteiger charge is 2.40. The van der Waals surface area contributed by atoms with Crippen molar-refractivity contribution in [2.45, 2.75) is 45.3 Å². The summed E-state index contributed by atoms with van der Waals surface area (Å²) in [6.45, 7) is 4.53. The Kier molecular flexibility index (Phi) is 9.37. The summed E-state index contributed by atoms with van der Waals surface area (Å²) in [6.07, 6.45) is 4.61. The number of aliphatic hydroxyl groups excluding tert-OH is 1. The van der Waals surface area contributed by atoms with Crippen LogP contribution >= 0.6 is 0 Å². The predicted molar refractivity (Wildman–Crippen MR) is 164 cm³/mol. The smallest absolute Gasteiger partial charge is 0.286 e. The zero-order valence-corrected chi connectivity index (χ0v) is 25.1. The molecule has 10 heteroatoms. The van der Waals surface area contributed by atoms with Crippen LogP contribution in [0.3, 0.4) is 0 Å². The molecule has 3 atom stereocenters. The number of rotatable bonds is 12. The van der Waals surface area contributed by atoms with Gasteiger partial charge in [-0.25, -0.2) is 4.68 Å². The molecule has 10 nitrogen and oxygen atoms in total. The van der Waals surface area contributed by atoms with E-state index in [9.17, 15) is 14.7 Å². The molecule has 1 aliphatic rings. The van der Waals surface area contributed by atoms with E-state index >= 15 is 0 Å². The summed E-state index contributed by atoms with van der Waals surface area (Å²) >= 11 is 0. The Balaban J connectivity index is 1.45. The number of H-pyrrole nitrogens is 1. The first-order chi connectivity index (χ1) is 20.9. The number of benzene rings is 2. The number of hydrogen-bond acceptors (Lipinski definition) is 6. The molecule has 0 saturated heterocycles. The second-order valence-corrected chi connectivity index (χ2v) is 10.7. The average molecular weight is 589 g/mol. The minimum Gasteiger partial charge on any atom is -0.497 e. The number of fused-ring (bicyclic) bond motifs is 1. The van der Waals surface area contributed by atoms with Crippen LogP contribution in [0.1, 0.15) is 42.5 Å². The lowest BCUT2D eigenvalue weighted by Gasteiger charge is -2.36. The molecule has 0 radical (unpaired) electrons. The van der Waals surface area contributed by atoms with Gasteiger partial charge >= 0.3 is 0 Å². The Labute approximate surface area is 250 Å². The van der Waals surface area contributed by atoms with Crippen LogP contribution in [0.4, 0.5) is 0 Å². The number of aromatic nitrogens is 3. The number of hydrogen-bond donors (Lipinski definition) is 3. The van der Waals surface area contributed by atoms with Crippen LogP contribution in [-0.4, -0.2) is 58.5 Å². The van der Waals surface area contributed by atoms with Crippen molar-refractivity contribution < 1.29 is 24.1 Å². The Morgan fingerprint density at radius 3 is 2.70 bits per heavy atom. The van der Waals surface area contributed by atoms with Gasteiger partial charge in [0, 0.05) is 67.0 Å². The minimum absolute atomic E-state index is 0.000846. The molecule has 0 aliphatic carbocycles. The van der Waals surface area contributed by atoms with E-state index in [1.165, 1.54) is 0 Å². The number of amides is 1. The Hall–Kier alpha value is -4.28. The topological polar surface area (TPSA) is 120 Å². The number of allylic oxidation sites excluding steroid dienone is 1. The molecule has 3 N–H and O–H groups in total. The van der Waals surface area contributed by atoms with Gasteiger partial charge in [-0.05, 0) is 75.1 Å². The number of carbonyl (C=O) groups excluding carboxylic acids is 1.